The van der Waals surface area contributed by atoms with E-state index in [1.807, 2.05) is 20.8 Å². The van der Waals surface area contributed by atoms with Crippen molar-refractivity contribution >= 4 is 0 Å². The third kappa shape index (κ3) is 1.94. The van der Waals surface area contributed by atoms with Gasteiger partial charge in [0.15, 0.2) is 0 Å². The highest BCUT2D eigenvalue weighted by Crippen LogP contribution is 2.32. The van der Waals surface area contributed by atoms with E-state index in [-0.39, 0.29) is 12.0 Å². The van der Waals surface area contributed by atoms with Crippen LogP contribution in [-0.2, 0) is 4.74 Å². The molecule has 0 saturated carbocycles. The van der Waals surface area contributed by atoms with Gasteiger partial charge in [-0.2, -0.15) is 0 Å². The van der Waals surface area contributed by atoms with Crippen LogP contribution >= 0.6 is 0 Å². The maximum atomic E-state index is 9.64. The molecule has 1 fully saturated rings. The Hall–Kier alpha value is -0.0800. The van der Waals surface area contributed by atoms with Crippen molar-refractivity contribution in [1.82, 2.24) is 0 Å². The molecule has 2 heteroatoms. The van der Waals surface area contributed by atoms with Gasteiger partial charge in [-0.3, -0.25) is 0 Å². The van der Waals surface area contributed by atoms with Crippen molar-refractivity contribution in [2.24, 2.45) is 11.8 Å². The molecular formula is C9H18O2. The number of epoxide rings is 1. The van der Waals surface area contributed by atoms with Crippen molar-refractivity contribution in [3.05, 3.63) is 0 Å². The van der Waals surface area contributed by atoms with Crippen LogP contribution in [0, 0.1) is 11.8 Å². The summed E-state index contributed by atoms with van der Waals surface area (Å²) in [5, 5.41) is 9.64. The summed E-state index contributed by atoms with van der Waals surface area (Å²) in [5.41, 5.74) is 0. The first-order valence-electron chi connectivity index (χ1n) is 4.37. The fourth-order valence-corrected chi connectivity index (χ4v) is 1.56. The third-order valence-electron chi connectivity index (χ3n) is 2.50. The van der Waals surface area contributed by atoms with Gasteiger partial charge in [0.25, 0.3) is 0 Å². The van der Waals surface area contributed by atoms with Crippen LogP contribution in [0.15, 0.2) is 0 Å². The molecule has 11 heavy (non-hydrogen) atoms. The summed E-state index contributed by atoms with van der Waals surface area (Å²) in [6.45, 7) is 8.18. The minimum atomic E-state index is -0.218. The molecule has 0 aliphatic carbocycles. The maximum absolute atomic E-state index is 9.64. The van der Waals surface area contributed by atoms with Gasteiger partial charge >= 0.3 is 0 Å². The Morgan fingerprint density at radius 2 is 1.73 bits per heavy atom. The average molecular weight is 158 g/mol. The third-order valence-corrected chi connectivity index (χ3v) is 2.50. The molecule has 0 spiro atoms. The van der Waals surface area contributed by atoms with Crippen LogP contribution in [-0.4, -0.2) is 23.4 Å². The molecule has 0 radical (unpaired) electrons. The van der Waals surface area contributed by atoms with Crippen LogP contribution in [0.5, 0.6) is 0 Å². The molecule has 4 unspecified atom stereocenters. The normalized spacial score (nSPS) is 35.5. The van der Waals surface area contributed by atoms with Gasteiger partial charge in [0, 0.05) is 5.92 Å². The van der Waals surface area contributed by atoms with Crippen LogP contribution < -0.4 is 0 Å². The Morgan fingerprint density at radius 3 is 2.00 bits per heavy atom. The molecule has 0 aromatic carbocycles. The first kappa shape index (κ1) is 9.01. The number of aliphatic hydroxyl groups excluding tert-OH is 1. The standard InChI is InChI=1S/C9H18O2/c1-5(2)8(10)6(3)9-7(4)11-9/h5-10H,1-4H3. The van der Waals surface area contributed by atoms with E-state index in [2.05, 4.69) is 6.92 Å². The molecule has 66 valence electrons. The van der Waals surface area contributed by atoms with Gasteiger partial charge in [0.2, 0.25) is 0 Å². The molecule has 1 aliphatic heterocycles. The van der Waals surface area contributed by atoms with Crippen molar-refractivity contribution in [2.45, 2.75) is 46.0 Å². The zero-order chi connectivity index (χ0) is 8.59. The monoisotopic (exact) mass is 158 g/mol. The van der Waals surface area contributed by atoms with E-state index in [1.165, 1.54) is 0 Å². The quantitative estimate of drug-likeness (QED) is 0.630. The molecule has 1 N–H and O–H groups in total. The van der Waals surface area contributed by atoms with E-state index in [4.69, 9.17) is 4.74 Å². The average Bonchev–Trinajstić information content (AvgIpc) is 2.63. The summed E-state index contributed by atoms with van der Waals surface area (Å²) in [6.07, 6.45) is 0.441. The van der Waals surface area contributed by atoms with E-state index in [1.54, 1.807) is 0 Å². The lowest BCUT2D eigenvalue weighted by Gasteiger charge is -2.20. The summed E-state index contributed by atoms with van der Waals surface area (Å²) in [7, 11) is 0. The highest BCUT2D eigenvalue weighted by Gasteiger charge is 2.42. The fraction of sp³-hybridized carbons (Fsp3) is 1.00. The zero-order valence-electron chi connectivity index (χ0n) is 7.74. The molecule has 2 nitrogen and oxygen atoms in total. The molecule has 1 saturated heterocycles. The fourth-order valence-electron chi connectivity index (χ4n) is 1.56. The smallest absolute Gasteiger partial charge is 0.0889 e. The Kier molecular flexibility index (Phi) is 2.55. The number of ether oxygens (including phenoxy) is 1. The van der Waals surface area contributed by atoms with Gasteiger partial charge in [0.1, 0.15) is 0 Å². The second-order valence-electron chi connectivity index (χ2n) is 3.90. The molecular weight excluding hydrogens is 140 g/mol. The summed E-state index contributed by atoms with van der Waals surface area (Å²) < 4.78 is 5.29. The van der Waals surface area contributed by atoms with E-state index in [0.717, 1.165) is 0 Å². The number of hydrogen-bond acceptors (Lipinski definition) is 2. The number of rotatable bonds is 3. The van der Waals surface area contributed by atoms with Crippen molar-refractivity contribution in [3.8, 4) is 0 Å². The zero-order valence-corrected chi connectivity index (χ0v) is 7.74. The van der Waals surface area contributed by atoms with Crippen LogP contribution in [0.4, 0.5) is 0 Å². The minimum Gasteiger partial charge on any atom is -0.392 e. The van der Waals surface area contributed by atoms with Gasteiger partial charge in [-0.25, -0.2) is 0 Å². The van der Waals surface area contributed by atoms with Crippen molar-refractivity contribution < 1.29 is 9.84 Å². The summed E-state index contributed by atoms with van der Waals surface area (Å²) >= 11 is 0. The second-order valence-corrected chi connectivity index (χ2v) is 3.90. The first-order valence-corrected chi connectivity index (χ1v) is 4.37. The van der Waals surface area contributed by atoms with E-state index in [9.17, 15) is 5.11 Å². The van der Waals surface area contributed by atoms with Crippen LogP contribution in [0.2, 0.25) is 0 Å². The summed E-state index contributed by atoms with van der Waals surface area (Å²) in [4.78, 5) is 0. The predicted octanol–water partition coefficient (Wildman–Crippen LogP) is 1.43. The molecule has 0 aromatic rings. The molecule has 0 bridgehead atoms. The topological polar surface area (TPSA) is 32.8 Å². The summed E-state index contributed by atoms with van der Waals surface area (Å²) in [5.74, 6) is 0.617. The van der Waals surface area contributed by atoms with Gasteiger partial charge in [-0.1, -0.05) is 20.8 Å². The van der Waals surface area contributed by atoms with E-state index in [0.29, 0.717) is 18.1 Å². The van der Waals surface area contributed by atoms with Gasteiger partial charge in [0.05, 0.1) is 18.3 Å². The first-order chi connectivity index (χ1) is 5.04. The van der Waals surface area contributed by atoms with Gasteiger partial charge in [-0.05, 0) is 12.8 Å². The Balaban J connectivity index is 2.35. The molecule has 1 heterocycles. The highest BCUT2D eigenvalue weighted by molar-refractivity contribution is 4.89. The Bertz CT molecular complexity index is 134. The Morgan fingerprint density at radius 1 is 1.27 bits per heavy atom. The van der Waals surface area contributed by atoms with Gasteiger partial charge < -0.3 is 9.84 Å². The molecule has 0 aromatic heterocycles. The minimum absolute atomic E-state index is 0.218. The van der Waals surface area contributed by atoms with E-state index < -0.39 is 0 Å². The summed E-state index contributed by atoms with van der Waals surface area (Å²) in [6, 6.07) is 0. The molecule has 1 rings (SSSR count). The lowest BCUT2D eigenvalue weighted by molar-refractivity contribution is 0.0587. The molecule has 4 atom stereocenters. The lowest BCUT2D eigenvalue weighted by atomic mass is 9.91. The van der Waals surface area contributed by atoms with Crippen molar-refractivity contribution in [1.29, 1.82) is 0 Å². The predicted molar refractivity (Wildman–Crippen MR) is 44.3 cm³/mol. The molecule has 0 amide bonds. The largest absolute Gasteiger partial charge is 0.392 e. The maximum Gasteiger partial charge on any atom is 0.0889 e. The lowest BCUT2D eigenvalue weighted by Crippen LogP contribution is -2.28. The highest BCUT2D eigenvalue weighted by atomic mass is 16.6. The van der Waals surface area contributed by atoms with E-state index >= 15 is 0 Å². The van der Waals surface area contributed by atoms with Crippen LogP contribution in [0.1, 0.15) is 27.7 Å². The number of aliphatic hydroxyl groups is 1. The van der Waals surface area contributed by atoms with Gasteiger partial charge in [-0.15, -0.1) is 0 Å². The van der Waals surface area contributed by atoms with Crippen LogP contribution in [0.3, 0.4) is 0 Å². The van der Waals surface area contributed by atoms with Crippen LogP contribution in [0.25, 0.3) is 0 Å². The SMILES string of the molecule is CC(C)C(O)C(C)C1OC1C. The Labute approximate surface area is 68.6 Å². The van der Waals surface area contributed by atoms with Crippen molar-refractivity contribution in [3.63, 3.8) is 0 Å². The molecule has 1 aliphatic rings. The van der Waals surface area contributed by atoms with Crippen molar-refractivity contribution in [2.75, 3.05) is 0 Å². The number of hydrogen-bond donors (Lipinski definition) is 1. The second kappa shape index (κ2) is 3.11.